The summed E-state index contributed by atoms with van der Waals surface area (Å²) >= 11 is 0. The van der Waals surface area contributed by atoms with E-state index < -0.39 is 15.1 Å². The summed E-state index contributed by atoms with van der Waals surface area (Å²) in [6.45, 7) is 4.30. The predicted molar refractivity (Wildman–Crippen MR) is 82.1 cm³/mol. The van der Waals surface area contributed by atoms with Gasteiger partial charge < -0.3 is 5.32 Å². The number of aromatic nitrogens is 3. The summed E-state index contributed by atoms with van der Waals surface area (Å²) < 4.78 is 25.5. The first-order valence-corrected chi connectivity index (χ1v) is 8.79. The topological polar surface area (TPSA) is 76.9 Å². The molecule has 2 atom stereocenters. The Kier molecular flexibility index (Phi) is 4.74. The minimum absolute atomic E-state index is 0.361. The van der Waals surface area contributed by atoms with E-state index in [0.29, 0.717) is 6.54 Å². The van der Waals surface area contributed by atoms with Crippen LogP contribution >= 0.6 is 0 Å². The molecule has 114 valence electrons. The molecular formula is C14H20N4O2S. The molecule has 0 aliphatic heterocycles. The molecule has 0 spiro atoms. The summed E-state index contributed by atoms with van der Waals surface area (Å²) in [6.07, 6.45) is 2.86. The average Bonchev–Trinajstić information content (AvgIpc) is 2.93. The number of para-hydroxylation sites is 1. The van der Waals surface area contributed by atoms with Gasteiger partial charge in [-0.3, -0.25) is 0 Å². The van der Waals surface area contributed by atoms with Gasteiger partial charge in [0.2, 0.25) is 0 Å². The van der Waals surface area contributed by atoms with E-state index in [0.717, 1.165) is 11.4 Å². The molecule has 2 rings (SSSR count). The second kappa shape index (κ2) is 6.36. The molecule has 1 aromatic carbocycles. The van der Waals surface area contributed by atoms with Gasteiger partial charge in [0.05, 0.1) is 28.9 Å². The van der Waals surface area contributed by atoms with Crippen LogP contribution in [0.5, 0.6) is 0 Å². The van der Waals surface area contributed by atoms with Gasteiger partial charge >= 0.3 is 0 Å². The van der Waals surface area contributed by atoms with Crippen molar-refractivity contribution in [2.24, 2.45) is 0 Å². The lowest BCUT2D eigenvalue weighted by atomic mass is 10.1. The monoisotopic (exact) mass is 308 g/mol. The molecule has 6 nitrogen and oxygen atoms in total. The normalized spacial score (nSPS) is 14.8. The second-order valence-corrected chi connectivity index (χ2v) is 7.38. The smallest absolute Gasteiger partial charge is 0.151 e. The quantitative estimate of drug-likeness (QED) is 0.871. The summed E-state index contributed by atoms with van der Waals surface area (Å²) in [5.41, 5.74) is 1.59. The van der Waals surface area contributed by atoms with Crippen molar-refractivity contribution in [3.05, 3.63) is 42.2 Å². The first kappa shape index (κ1) is 15.7. The fourth-order valence-corrected chi connectivity index (χ4v) is 2.93. The SMILES string of the molecule is CCNC(c1cnnn1-c1ccccc1)C(C)S(C)(=O)=O. The van der Waals surface area contributed by atoms with Gasteiger partial charge in [-0.25, -0.2) is 13.1 Å². The van der Waals surface area contributed by atoms with Gasteiger partial charge in [0, 0.05) is 6.26 Å². The van der Waals surface area contributed by atoms with Gasteiger partial charge in [-0.1, -0.05) is 30.3 Å². The van der Waals surface area contributed by atoms with Crippen molar-refractivity contribution < 1.29 is 8.42 Å². The predicted octanol–water partition coefficient (Wildman–Crippen LogP) is 1.35. The molecule has 0 saturated carbocycles. The highest BCUT2D eigenvalue weighted by atomic mass is 32.2. The van der Waals surface area contributed by atoms with Gasteiger partial charge in [-0.15, -0.1) is 5.10 Å². The van der Waals surface area contributed by atoms with Crippen molar-refractivity contribution in [1.82, 2.24) is 20.3 Å². The number of nitrogens with one attached hydrogen (secondary N) is 1. The van der Waals surface area contributed by atoms with Crippen LogP contribution in [0.15, 0.2) is 36.5 Å². The Morgan fingerprint density at radius 3 is 2.52 bits per heavy atom. The molecule has 2 aromatic rings. The third kappa shape index (κ3) is 3.48. The van der Waals surface area contributed by atoms with E-state index in [-0.39, 0.29) is 6.04 Å². The Balaban J connectivity index is 2.46. The van der Waals surface area contributed by atoms with Crippen LogP contribution in [-0.4, -0.2) is 41.5 Å². The van der Waals surface area contributed by atoms with E-state index >= 15 is 0 Å². The highest BCUT2D eigenvalue weighted by Gasteiger charge is 2.29. The molecule has 0 saturated heterocycles. The summed E-state index contributed by atoms with van der Waals surface area (Å²) in [5.74, 6) is 0. The molecule has 1 heterocycles. The van der Waals surface area contributed by atoms with Crippen molar-refractivity contribution in [3.8, 4) is 5.69 Å². The third-order valence-corrected chi connectivity index (χ3v) is 5.09. The van der Waals surface area contributed by atoms with Crippen molar-refractivity contribution in [3.63, 3.8) is 0 Å². The van der Waals surface area contributed by atoms with E-state index in [1.807, 2.05) is 37.3 Å². The van der Waals surface area contributed by atoms with Crippen molar-refractivity contribution in [2.45, 2.75) is 25.1 Å². The Bertz CT molecular complexity index is 682. The Morgan fingerprint density at radius 2 is 1.95 bits per heavy atom. The molecule has 0 aliphatic carbocycles. The average molecular weight is 308 g/mol. The van der Waals surface area contributed by atoms with Gasteiger partial charge in [0.25, 0.3) is 0 Å². The number of benzene rings is 1. The third-order valence-electron chi connectivity index (χ3n) is 3.46. The summed E-state index contributed by atoms with van der Waals surface area (Å²) in [7, 11) is -3.18. The van der Waals surface area contributed by atoms with Crippen LogP contribution < -0.4 is 5.32 Å². The van der Waals surface area contributed by atoms with Crippen LogP contribution in [0, 0.1) is 0 Å². The van der Waals surface area contributed by atoms with E-state index in [9.17, 15) is 8.42 Å². The minimum atomic E-state index is -3.18. The van der Waals surface area contributed by atoms with Crippen molar-refractivity contribution >= 4 is 9.84 Å². The van der Waals surface area contributed by atoms with Gasteiger partial charge in [0.1, 0.15) is 0 Å². The van der Waals surface area contributed by atoms with E-state index in [1.54, 1.807) is 17.8 Å². The number of sulfone groups is 1. The lowest BCUT2D eigenvalue weighted by molar-refractivity contribution is 0.493. The number of rotatable bonds is 6. The minimum Gasteiger partial charge on any atom is -0.308 e. The van der Waals surface area contributed by atoms with Crippen LogP contribution in [0.2, 0.25) is 0 Å². The van der Waals surface area contributed by atoms with Gasteiger partial charge in [-0.2, -0.15) is 0 Å². The molecule has 1 N–H and O–H groups in total. The zero-order chi connectivity index (χ0) is 15.5. The standard InChI is InChI=1S/C14H20N4O2S/c1-4-15-14(11(2)21(3,19)20)13-10-16-17-18(13)12-8-6-5-7-9-12/h5-11,14-15H,4H2,1-3H3. The summed E-state index contributed by atoms with van der Waals surface area (Å²) in [4.78, 5) is 0. The lowest BCUT2D eigenvalue weighted by Gasteiger charge is -2.23. The van der Waals surface area contributed by atoms with Crippen molar-refractivity contribution in [1.29, 1.82) is 0 Å². The largest absolute Gasteiger partial charge is 0.308 e. The molecule has 21 heavy (non-hydrogen) atoms. The van der Waals surface area contributed by atoms with Crippen LogP contribution in [-0.2, 0) is 9.84 Å². The number of hydrogen-bond acceptors (Lipinski definition) is 5. The zero-order valence-corrected chi connectivity index (χ0v) is 13.2. The maximum Gasteiger partial charge on any atom is 0.151 e. The number of nitrogens with zero attached hydrogens (tertiary/aromatic N) is 3. The molecule has 0 bridgehead atoms. The summed E-state index contributed by atoms with van der Waals surface area (Å²) in [6, 6.07) is 9.19. The van der Waals surface area contributed by atoms with Crippen LogP contribution in [0.1, 0.15) is 25.6 Å². The highest BCUT2D eigenvalue weighted by molar-refractivity contribution is 7.91. The fourth-order valence-electron chi connectivity index (χ4n) is 2.20. The first-order valence-electron chi connectivity index (χ1n) is 6.83. The molecule has 0 amide bonds. The van der Waals surface area contributed by atoms with Crippen molar-refractivity contribution in [2.75, 3.05) is 12.8 Å². The molecule has 1 aromatic heterocycles. The van der Waals surface area contributed by atoms with Gasteiger partial charge in [-0.05, 0) is 25.6 Å². The molecule has 0 fully saturated rings. The lowest BCUT2D eigenvalue weighted by Crippen LogP contribution is -2.36. The van der Waals surface area contributed by atoms with Crippen LogP contribution in [0.3, 0.4) is 0 Å². The maximum absolute atomic E-state index is 11.9. The van der Waals surface area contributed by atoms with Crippen LogP contribution in [0.25, 0.3) is 5.69 Å². The molecule has 0 radical (unpaired) electrons. The zero-order valence-electron chi connectivity index (χ0n) is 12.4. The summed E-state index contributed by atoms with van der Waals surface area (Å²) in [5, 5.41) is 10.7. The first-order chi connectivity index (χ1) is 9.95. The molecule has 7 heteroatoms. The molecule has 0 aliphatic rings. The van der Waals surface area contributed by atoms with E-state index in [2.05, 4.69) is 15.6 Å². The Morgan fingerprint density at radius 1 is 1.29 bits per heavy atom. The maximum atomic E-state index is 11.9. The van der Waals surface area contributed by atoms with Crippen LogP contribution in [0.4, 0.5) is 0 Å². The molecule has 2 unspecified atom stereocenters. The van der Waals surface area contributed by atoms with E-state index in [4.69, 9.17) is 0 Å². The second-order valence-electron chi connectivity index (χ2n) is 4.98. The van der Waals surface area contributed by atoms with Gasteiger partial charge in [0.15, 0.2) is 9.84 Å². The highest BCUT2D eigenvalue weighted by Crippen LogP contribution is 2.23. The fraction of sp³-hybridized carbons (Fsp3) is 0.429. The molecular weight excluding hydrogens is 288 g/mol. The Hall–Kier alpha value is -1.73. The van der Waals surface area contributed by atoms with E-state index in [1.165, 1.54) is 6.26 Å². The Labute approximate surface area is 125 Å². The number of hydrogen-bond donors (Lipinski definition) is 1.